The van der Waals surface area contributed by atoms with Crippen LogP contribution in [0.3, 0.4) is 0 Å². The van der Waals surface area contributed by atoms with Crippen LogP contribution in [0.25, 0.3) is 0 Å². The van der Waals surface area contributed by atoms with E-state index >= 15 is 0 Å². The molecule has 5 nitrogen and oxygen atoms in total. The van der Waals surface area contributed by atoms with Crippen LogP contribution in [0.4, 0.5) is 13.2 Å². The van der Waals surface area contributed by atoms with Crippen LogP contribution in [0.5, 0.6) is 0 Å². The van der Waals surface area contributed by atoms with E-state index in [0.29, 0.717) is 6.92 Å². The first-order valence-corrected chi connectivity index (χ1v) is 6.85. The fourth-order valence-corrected chi connectivity index (χ4v) is 3.25. The largest absolute Gasteiger partial charge is 0.481 e. The first kappa shape index (κ1) is 15.2. The molecule has 0 aromatic heterocycles. The monoisotopic (exact) mass is 289 g/mol. The lowest BCUT2D eigenvalue weighted by atomic mass is 9.99. The molecular formula is C9H14F3NO4S. The highest BCUT2D eigenvalue weighted by Gasteiger charge is 2.48. The Kier molecular flexibility index (Phi) is 4.26. The van der Waals surface area contributed by atoms with Gasteiger partial charge in [0.1, 0.15) is 0 Å². The molecule has 18 heavy (non-hydrogen) atoms. The standard InChI is InChI=1S/C9H14F3NO4S/c1-6(9(10,11)12)18(16,17)13-4-2-7(3-5-13)8(14)15/h6-7H,2-5H2,1H3,(H,14,15). The van der Waals surface area contributed by atoms with Crippen LogP contribution in [0.2, 0.25) is 0 Å². The zero-order chi connectivity index (χ0) is 14.1. The molecule has 1 heterocycles. The number of carboxylic acids is 1. The summed E-state index contributed by atoms with van der Waals surface area (Å²) in [7, 11) is -4.45. The highest BCUT2D eigenvalue weighted by atomic mass is 32.2. The first-order valence-electron chi connectivity index (χ1n) is 5.35. The van der Waals surface area contributed by atoms with E-state index in [4.69, 9.17) is 5.11 Å². The minimum absolute atomic E-state index is 0.0408. The second-order valence-corrected chi connectivity index (χ2v) is 6.49. The Hall–Kier alpha value is -0.830. The lowest BCUT2D eigenvalue weighted by Crippen LogP contribution is -2.48. The highest BCUT2D eigenvalue weighted by molar-refractivity contribution is 7.89. The van der Waals surface area contributed by atoms with Gasteiger partial charge in [-0.15, -0.1) is 0 Å². The maximum atomic E-state index is 12.4. The van der Waals surface area contributed by atoms with Crippen LogP contribution in [0.15, 0.2) is 0 Å². The number of carboxylic acid groups (broad SMARTS) is 1. The summed E-state index contributed by atoms with van der Waals surface area (Å²) in [6.07, 6.45) is -4.74. The van der Waals surface area contributed by atoms with Crippen molar-refractivity contribution in [3.8, 4) is 0 Å². The molecule has 1 atom stereocenters. The molecule has 0 aromatic carbocycles. The summed E-state index contributed by atoms with van der Waals surface area (Å²) in [6, 6.07) is 0. The number of aliphatic carboxylic acids is 1. The lowest BCUT2D eigenvalue weighted by molar-refractivity contribution is -0.143. The molecule has 1 fully saturated rings. The van der Waals surface area contributed by atoms with Gasteiger partial charge in [-0.2, -0.15) is 13.2 Å². The van der Waals surface area contributed by atoms with Crippen molar-refractivity contribution in [3.63, 3.8) is 0 Å². The average Bonchev–Trinajstić information content (AvgIpc) is 2.27. The molecule has 1 rings (SSSR count). The Balaban J connectivity index is 2.76. The number of piperidine rings is 1. The molecule has 0 saturated carbocycles. The summed E-state index contributed by atoms with van der Waals surface area (Å²) in [4.78, 5) is 10.7. The van der Waals surface area contributed by atoms with Gasteiger partial charge in [0.2, 0.25) is 10.0 Å². The molecule has 1 N–H and O–H groups in total. The third kappa shape index (κ3) is 3.14. The number of carbonyl (C=O) groups is 1. The summed E-state index contributed by atoms with van der Waals surface area (Å²) < 4.78 is 61.3. The maximum Gasteiger partial charge on any atom is 0.406 e. The number of alkyl halides is 3. The molecule has 9 heteroatoms. The lowest BCUT2D eigenvalue weighted by Gasteiger charge is -2.31. The topological polar surface area (TPSA) is 74.7 Å². The van der Waals surface area contributed by atoms with Crippen molar-refractivity contribution in [3.05, 3.63) is 0 Å². The molecule has 0 amide bonds. The molecule has 1 unspecified atom stereocenters. The van der Waals surface area contributed by atoms with E-state index in [1.54, 1.807) is 0 Å². The zero-order valence-electron chi connectivity index (χ0n) is 9.64. The number of halogens is 3. The van der Waals surface area contributed by atoms with Crippen LogP contribution in [0, 0.1) is 5.92 Å². The number of hydrogen-bond acceptors (Lipinski definition) is 3. The zero-order valence-corrected chi connectivity index (χ0v) is 10.5. The van der Waals surface area contributed by atoms with E-state index < -0.39 is 33.3 Å². The van der Waals surface area contributed by atoms with Crippen molar-refractivity contribution in [1.82, 2.24) is 4.31 Å². The van der Waals surface area contributed by atoms with Gasteiger partial charge in [0.15, 0.2) is 5.25 Å². The smallest absolute Gasteiger partial charge is 0.406 e. The summed E-state index contributed by atoms with van der Waals surface area (Å²) in [5.74, 6) is -1.73. The molecule has 0 spiro atoms. The minimum atomic E-state index is -4.82. The van der Waals surface area contributed by atoms with Gasteiger partial charge in [-0.1, -0.05) is 0 Å². The molecular weight excluding hydrogens is 275 g/mol. The Bertz CT molecular complexity index is 412. The van der Waals surface area contributed by atoms with E-state index in [0.717, 1.165) is 4.31 Å². The fraction of sp³-hybridized carbons (Fsp3) is 0.889. The van der Waals surface area contributed by atoms with Crippen molar-refractivity contribution < 1.29 is 31.5 Å². The van der Waals surface area contributed by atoms with E-state index in [1.165, 1.54) is 0 Å². The van der Waals surface area contributed by atoms with Crippen LogP contribution in [-0.2, 0) is 14.8 Å². The van der Waals surface area contributed by atoms with Gasteiger partial charge in [-0.3, -0.25) is 4.79 Å². The average molecular weight is 289 g/mol. The van der Waals surface area contributed by atoms with E-state index in [2.05, 4.69) is 0 Å². The van der Waals surface area contributed by atoms with Gasteiger partial charge in [0, 0.05) is 13.1 Å². The molecule has 106 valence electrons. The van der Waals surface area contributed by atoms with Gasteiger partial charge in [0.25, 0.3) is 0 Å². The van der Waals surface area contributed by atoms with E-state index in [1.807, 2.05) is 0 Å². The number of rotatable bonds is 3. The summed E-state index contributed by atoms with van der Waals surface area (Å²) in [5.41, 5.74) is 0. The first-order chi connectivity index (χ1) is 8.06. The third-order valence-corrected chi connectivity index (χ3v) is 5.32. The van der Waals surface area contributed by atoms with Gasteiger partial charge in [0.05, 0.1) is 5.92 Å². The molecule has 0 aliphatic carbocycles. The third-order valence-electron chi connectivity index (χ3n) is 3.07. The number of nitrogens with zero attached hydrogens (tertiary/aromatic N) is 1. The van der Waals surface area contributed by atoms with Crippen LogP contribution in [-0.4, -0.2) is 48.3 Å². The quantitative estimate of drug-likeness (QED) is 0.843. The number of hydrogen-bond donors (Lipinski definition) is 1. The summed E-state index contributed by atoms with van der Waals surface area (Å²) in [5, 5.41) is 6.25. The Labute approximate surface area is 103 Å². The normalized spacial score (nSPS) is 21.8. The predicted molar refractivity (Wildman–Crippen MR) is 56.4 cm³/mol. The Morgan fingerprint density at radius 3 is 2.11 bits per heavy atom. The summed E-state index contributed by atoms with van der Waals surface area (Å²) in [6.45, 7) is 0.234. The van der Waals surface area contributed by atoms with Gasteiger partial charge < -0.3 is 5.11 Å². The summed E-state index contributed by atoms with van der Waals surface area (Å²) >= 11 is 0. The molecule has 0 aromatic rings. The minimum Gasteiger partial charge on any atom is -0.481 e. The van der Waals surface area contributed by atoms with Crippen LogP contribution >= 0.6 is 0 Å². The number of sulfonamides is 1. The Morgan fingerprint density at radius 1 is 1.33 bits per heavy atom. The van der Waals surface area contributed by atoms with Crippen molar-refractivity contribution in [2.45, 2.75) is 31.2 Å². The second kappa shape index (κ2) is 5.04. The SMILES string of the molecule is CC(C(F)(F)F)S(=O)(=O)N1CCC(C(=O)O)CC1. The maximum absolute atomic E-state index is 12.4. The van der Waals surface area contributed by atoms with Crippen molar-refractivity contribution >= 4 is 16.0 Å². The van der Waals surface area contributed by atoms with Gasteiger partial charge in [-0.25, -0.2) is 12.7 Å². The highest BCUT2D eigenvalue weighted by Crippen LogP contribution is 2.30. The molecule has 1 saturated heterocycles. The van der Waals surface area contributed by atoms with Crippen LogP contribution in [0.1, 0.15) is 19.8 Å². The van der Waals surface area contributed by atoms with Crippen molar-refractivity contribution in [1.29, 1.82) is 0 Å². The van der Waals surface area contributed by atoms with E-state index in [9.17, 15) is 26.4 Å². The molecule has 0 bridgehead atoms. The van der Waals surface area contributed by atoms with Gasteiger partial charge in [-0.05, 0) is 19.8 Å². The van der Waals surface area contributed by atoms with Crippen molar-refractivity contribution in [2.75, 3.05) is 13.1 Å². The second-order valence-electron chi connectivity index (χ2n) is 4.24. The van der Waals surface area contributed by atoms with Crippen molar-refractivity contribution in [2.24, 2.45) is 5.92 Å². The molecule has 0 radical (unpaired) electrons. The molecule has 1 aliphatic heterocycles. The van der Waals surface area contributed by atoms with Gasteiger partial charge >= 0.3 is 12.1 Å². The molecule has 1 aliphatic rings. The fourth-order valence-electron chi connectivity index (χ4n) is 1.75. The predicted octanol–water partition coefficient (Wildman–Crippen LogP) is 1.06. The Morgan fingerprint density at radius 2 is 1.78 bits per heavy atom. The van der Waals surface area contributed by atoms with Crippen LogP contribution < -0.4 is 0 Å². The van der Waals surface area contributed by atoms with E-state index in [-0.39, 0.29) is 25.9 Å².